The van der Waals surface area contributed by atoms with Crippen LogP contribution in [0.4, 0.5) is 0 Å². The third-order valence-corrected chi connectivity index (χ3v) is 3.86. The summed E-state index contributed by atoms with van der Waals surface area (Å²) in [4.78, 5) is 2.41. The van der Waals surface area contributed by atoms with Gasteiger partial charge in [-0.2, -0.15) is 0 Å². The Morgan fingerprint density at radius 2 is 1.67 bits per heavy atom. The van der Waals surface area contributed by atoms with Crippen molar-refractivity contribution in [2.75, 3.05) is 32.8 Å². The van der Waals surface area contributed by atoms with E-state index >= 15 is 0 Å². The molecule has 18 heavy (non-hydrogen) atoms. The molecule has 0 heterocycles. The fraction of sp³-hybridized carbons (Fsp3) is 1.00. The predicted molar refractivity (Wildman–Crippen MR) is 81.7 cm³/mol. The molecule has 0 N–H and O–H groups in total. The van der Waals surface area contributed by atoms with Gasteiger partial charge in [0, 0.05) is 13.2 Å². The van der Waals surface area contributed by atoms with Crippen molar-refractivity contribution in [3.8, 4) is 0 Å². The SMILES string of the molecule is CCCCOCC(CN(CC)CC)O[Si](C)(C)C. The Kier molecular flexibility index (Phi) is 10.0. The lowest BCUT2D eigenvalue weighted by Crippen LogP contribution is -2.42. The molecule has 0 rings (SSSR count). The van der Waals surface area contributed by atoms with Gasteiger partial charge in [-0.25, -0.2) is 0 Å². The molecule has 0 aromatic rings. The second-order valence-corrected chi connectivity index (χ2v) is 10.2. The van der Waals surface area contributed by atoms with E-state index < -0.39 is 8.32 Å². The minimum absolute atomic E-state index is 0.230. The molecule has 4 heteroatoms. The molecular formula is C14H33NO2Si. The maximum atomic E-state index is 6.22. The molecule has 1 unspecified atom stereocenters. The first-order valence-electron chi connectivity index (χ1n) is 7.40. The first-order valence-corrected chi connectivity index (χ1v) is 10.8. The molecule has 0 aliphatic rings. The van der Waals surface area contributed by atoms with Gasteiger partial charge < -0.3 is 14.1 Å². The topological polar surface area (TPSA) is 21.7 Å². The van der Waals surface area contributed by atoms with Gasteiger partial charge >= 0.3 is 0 Å². The van der Waals surface area contributed by atoms with Crippen molar-refractivity contribution in [3.63, 3.8) is 0 Å². The van der Waals surface area contributed by atoms with Crippen molar-refractivity contribution in [1.29, 1.82) is 0 Å². The lowest BCUT2D eigenvalue weighted by molar-refractivity contribution is 0.0269. The van der Waals surface area contributed by atoms with Gasteiger partial charge in [-0.15, -0.1) is 0 Å². The Morgan fingerprint density at radius 3 is 2.11 bits per heavy atom. The van der Waals surface area contributed by atoms with Crippen molar-refractivity contribution in [3.05, 3.63) is 0 Å². The van der Waals surface area contributed by atoms with Crippen LogP contribution in [0.25, 0.3) is 0 Å². The number of hydrogen-bond acceptors (Lipinski definition) is 3. The van der Waals surface area contributed by atoms with Gasteiger partial charge in [0.05, 0.1) is 12.7 Å². The fourth-order valence-electron chi connectivity index (χ4n) is 1.85. The van der Waals surface area contributed by atoms with E-state index in [0.29, 0.717) is 0 Å². The van der Waals surface area contributed by atoms with Crippen molar-refractivity contribution < 1.29 is 9.16 Å². The van der Waals surface area contributed by atoms with Crippen LogP contribution >= 0.6 is 0 Å². The Hall–Kier alpha value is 0.0969. The zero-order chi connectivity index (χ0) is 14.0. The molecule has 0 bridgehead atoms. The first kappa shape index (κ1) is 18.1. The summed E-state index contributed by atoms with van der Waals surface area (Å²) in [5, 5.41) is 0. The molecule has 1 atom stereocenters. The van der Waals surface area contributed by atoms with Crippen LogP contribution < -0.4 is 0 Å². The largest absolute Gasteiger partial charge is 0.411 e. The Balaban J connectivity index is 4.15. The highest BCUT2D eigenvalue weighted by Crippen LogP contribution is 2.10. The minimum atomic E-state index is -1.49. The molecule has 3 nitrogen and oxygen atoms in total. The molecule has 0 radical (unpaired) electrons. The van der Waals surface area contributed by atoms with E-state index in [2.05, 4.69) is 45.3 Å². The first-order chi connectivity index (χ1) is 8.42. The van der Waals surface area contributed by atoms with Crippen LogP contribution in [0.3, 0.4) is 0 Å². The molecule has 0 aliphatic carbocycles. The van der Waals surface area contributed by atoms with Gasteiger partial charge in [-0.05, 0) is 39.2 Å². The number of unbranched alkanes of at least 4 members (excludes halogenated alkanes) is 1. The molecule has 0 spiro atoms. The summed E-state index contributed by atoms with van der Waals surface area (Å²) < 4.78 is 12.0. The van der Waals surface area contributed by atoms with Gasteiger partial charge in [0.1, 0.15) is 0 Å². The Morgan fingerprint density at radius 1 is 1.06 bits per heavy atom. The molecule has 0 aromatic heterocycles. The summed E-state index contributed by atoms with van der Waals surface area (Å²) in [7, 11) is -1.49. The molecule has 0 amide bonds. The maximum Gasteiger partial charge on any atom is 0.184 e. The van der Waals surface area contributed by atoms with Crippen LogP contribution in [0.1, 0.15) is 33.6 Å². The van der Waals surface area contributed by atoms with Gasteiger partial charge in [0.25, 0.3) is 0 Å². The highest BCUT2D eigenvalue weighted by Gasteiger charge is 2.22. The quantitative estimate of drug-likeness (QED) is 0.426. The molecule has 0 saturated carbocycles. The van der Waals surface area contributed by atoms with Crippen LogP contribution in [0.2, 0.25) is 19.6 Å². The van der Waals surface area contributed by atoms with E-state index in [1.54, 1.807) is 0 Å². The summed E-state index contributed by atoms with van der Waals surface area (Å²) in [5.74, 6) is 0. The summed E-state index contributed by atoms with van der Waals surface area (Å²) in [5.41, 5.74) is 0. The van der Waals surface area contributed by atoms with E-state index in [-0.39, 0.29) is 6.10 Å². The lowest BCUT2D eigenvalue weighted by atomic mass is 10.3. The Bertz CT molecular complexity index is 191. The van der Waals surface area contributed by atoms with E-state index in [0.717, 1.165) is 39.3 Å². The average molecular weight is 276 g/mol. The lowest BCUT2D eigenvalue weighted by Gasteiger charge is -2.30. The van der Waals surface area contributed by atoms with Crippen LogP contribution in [-0.2, 0) is 9.16 Å². The highest BCUT2D eigenvalue weighted by atomic mass is 28.4. The molecule has 110 valence electrons. The van der Waals surface area contributed by atoms with Crippen LogP contribution in [0, 0.1) is 0 Å². The monoisotopic (exact) mass is 275 g/mol. The number of likely N-dealkylation sites (N-methyl/N-ethyl adjacent to an activating group) is 1. The van der Waals surface area contributed by atoms with E-state index in [9.17, 15) is 0 Å². The van der Waals surface area contributed by atoms with Gasteiger partial charge in [0.15, 0.2) is 8.32 Å². The molecule has 0 saturated heterocycles. The van der Waals surface area contributed by atoms with Gasteiger partial charge in [-0.3, -0.25) is 0 Å². The second-order valence-electron chi connectivity index (χ2n) is 5.77. The third-order valence-electron chi connectivity index (χ3n) is 2.82. The number of rotatable bonds is 11. The minimum Gasteiger partial charge on any atom is -0.411 e. The standard InChI is InChI=1S/C14H33NO2Si/c1-7-10-11-16-13-14(17-18(4,5)6)12-15(8-2)9-3/h14H,7-13H2,1-6H3. The summed E-state index contributed by atoms with van der Waals surface area (Å²) in [6, 6.07) is 0. The van der Waals surface area contributed by atoms with E-state index in [4.69, 9.17) is 9.16 Å². The Labute approximate surface area is 115 Å². The predicted octanol–water partition coefficient (Wildman–Crippen LogP) is 3.37. The van der Waals surface area contributed by atoms with Crippen molar-refractivity contribution >= 4 is 8.32 Å². The van der Waals surface area contributed by atoms with Gasteiger partial charge in [0.2, 0.25) is 0 Å². The number of nitrogens with zero attached hydrogens (tertiary/aromatic N) is 1. The molecule has 0 aromatic carbocycles. The van der Waals surface area contributed by atoms with Crippen LogP contribution in [0.15, 0.2) is 0 Å². The number of hydrogen-bond donors (Lipinski definition) is 0. The highest BCUT2D eigenvalue weighted by molar-refractivity contribution is 6.69. The van der Waals surface area contributed by atoms with E-state index in [1.807, 2.05) is 0 Å². The van der Waals surface area contributed by atoms with E-state index in [1.165, 1.54) is 6.42 Å². The average Bonchev–Trinajstić information content (AvgIpc) is 2.29. The third kappa shape index (κ3) is 10.1. The molecule has 0 aliphatic heterocycles. The van der Waals surface area contributed by atoms with Crippen molar-refractivity contribution in [1.82, 2.24) is 4.90 Å². The maximum absolute atomic E-state index is 6.22. The second kappa shape index (κ2) is 9.95. The smallest absolute Gasteiger partial charge is 0.184 e. The fourth-order valence-corrected chi connectivity index (χ4v) is 3.00. The molecule has 0 fully saturated rings. The summed E-state index contributed by atoms with van der Waals surface area (Å²) >= 11 is 0. The summed E-state index contributed by atoms with van der Waals surface area (Å²) in [6.07, 6.45) is 2.56. The number of ether oxygens (including phenoxy) is 1. The van der Waals surface area contributed by atoms with Crippen molar-refractivity contribution in [2.24, 2.45) is 0 Å². The normalized spacial score (nSPS) is 14.2. The summed E-state index contributed by atoms with van der Waals surface area (Å²) in [6.45, 7) is 18.1. The van der Waals surface area contributed by atoms with Crippen molar-refractivity contribution in [2.45, 2.75) is 59.4 Å². The molecular weight excluding hydrogens is 242 g/mol. The van der Waals surface area contributed by atoms with Gasteiger partial charge in [-0.1, -0.05) is 27.2 Å². The van der Waals surface area contributed by atoms with Crippen LogP contribution in [0.5, 0.6) is 0 Å². The zero-order valence-electron chi connectivity index (χ0n) is 13.3. The van der Waals surface area contributed by atoms with Crippen LogP contribution in [-0.4, -0.2) is 52.2 Å². The zero-order valence-corrected chi connectivity index (χ0v) is 14.3.